The number of hydrogen-bond acceptors (Lipinski definition) is 3. The molecule has 0 saturated carbocycles. The van der Waals surface area contributed by atoms with Gasteiger partial charge in [-0.1, -0.05) is 71.8 Å². The summed E-state index contributed by atoms with van der Waals surface area (Å²) >= 11 is 0. The molecule has 0 saturated heterocycles. The van der Waals surface area contributed by atoms with Crippen LogP contribution in [0.3, 0.4) is 0 Å². The van der Waals surface area contributed by atoms with Crippen molar-refractivity contribution >= 4 is 23.1 Å². The minimum atomic E-state index is -0.281. The van der Waals surface area contributed by atoms with E-state index in [1.807, 2.05) is 93.6 Å². The molecule has 0 bridgehead atoms. The SMILES string of the molecule is Cc1ccc(NC2=C(c3ccc(C)cc3C)C(=O)N(CCc3ccccc3)C2=O)cc1. The zero-order valence-corrected chi connectivity index (χ0v) is 18.1. The summed E-state index contributed by atoms with van der Waals surface area (Å²) in [7, 11) is 0. The number of carbonyl (C=O) groups is 2. The Kier molecular flexibility index (Phi) is 5.72. The zero-order chi connectivity index (χ0) is 22.0. The summed E-state index contributed by atoms with van der Waals surface area (Å²) in [6, 6.07) is 23.7. The van der Waals surface area contributed by atoms with Crippen molar-refractivity contribution in [1.29, 1.82) is 0 Å². The van der Waals surface area contributed by atoms with Crippen LogP contribution in [0.1, 0.15) is 27.8 Å². The first-order valence-electron chi connectivity index (χ1n) is 10.5. The van der Waals surface area contributed by atoms with Gasteiger partial charge in [-0.15, -0.1) is 0 Å². The first-order chi connectivity index (χ1) is 14.9. The molecule has 1 aliphatic heterocycles. The Morgan fingerprint density at radius 2 is 1.45 bits per heavy atom. The highest BCUT2D eigenvalue weighted by atomic mass is 16.2. The van der Waals surface area contributed by atoms with Crippen molar-refractivity contribution in [2.75, 3.05) is 11.9 Å². The van der Waals surface area contributed by atoms with Gasteiger partial charge in [-0.2, -0.15) is 0 Å². The van der Waals surface area contributed by atoms with E-state index in [1.165, 1.54) is 4.90 Å². The number of anilines is 1. The molecule has 0 fully saturated rings. The van der Waals surface area contributed by atoms with Gasteiger partial charge in [0, 0.05) is 12.2 Å². The van der Waals surface area contributed by atoms with E-state index in [1.54, 1.807) is 0 Å². The predicted molar refractivity (Wildman–Crippen MR) is 125 cm³/mol. The molecule has 4 rings (SSSR count). The van der Waals surface area contributed by atoms with E-state index < -0.39 is 0 Å². The second kappa shape index (κ2) is 8.60. The zero-order valence-electron chi connectivity index (χ0n) is 18.1. The van der Waals surface area contributed by atoms with Gasteiger partial charge in [0.05, 0.1) is 5.57 Å². The fraction of sp³-hybridized carbons (Fsp3) is 0.185. The molecule has 1 aliphatic rings. The number of imide groups is 1. The summed E-state index contributed by atoms with van der Waals surface area (Å²) in [6.07, 6.45) is 0.621. The van der Waals surface area contributed by atoms with Crippen LogP contribution in [-0.2, 0) is 16.0 Å². The summed E-state index contributed by atoms with van der Waals surface area (Å²) < 4.78 is 0. The molecule has 2 amide bonds. The van der Waals surface area contributed by atoms with Crippen LogP contribution in [0.5, 0.6) is 0 Å². The quantitative estimate of drug-likeness (QED) is 0.579. The molecule has 156 valence electrons. The number of amides is 2. The summed E-state index contributed by atoms with van der Waals surface area (Å²) in [4.78, 5) is 28.2. The van der Waals surface area contributed by atoms with E-state index in [4.69, 9.17) is 0 Å². The molecule has 3 aromatic carbocycles. The molecule has 31 heavy (non-hydrogen) atoms. The van der Waals surface area contributed by atoms with Crippen molar-refractivity contribution in [2.45, 2.75) is 27.2 Å². The molecule has 0 aromatic heterocycles. The average molecular weight is 411 g/mol. The summed E-state index contributed by atoms with van der Waals surface area (Å²) in [5.74, 6) is -0.529. The molecule has 1 N–H and O–H groups in total. The molecule has 4 nitrogen and oxygen atoms in total. The number of carbonyl (C=O) groups excluding carboxylic acids is 2. The number of hydrogen-bond donors (Lipinski definition) is 1. The van der Waals surface area contributed by atoms with Gasteiger partial charge in [0.1, 0.15) is 5.70 Å². The van der Waals surface area contributed by atoms with Crippen molar-refractivity contribution < 1.29 is 9.59 Å². The smallest absolute Gasteiger partial charge is 0.278 e. The van der Waals surface area contributed by atoms with Crippen LogP contribution in [0.15, 0.2) is 78.5 Å². The van der Waals surface area contributed by atoms with E-state index in [9.17, 15) is 9.59 Å². The van der Waals surface area contributed by atoms with Gasteiger partial charge in [-0.05, 0) is 56.0 Å². The highest BCUT2D eigenvalue weighted by Crippen LogP contribution is 2.32. The minimum Gasteiger partial charge on any atom is -0.350 e. The van der Waals surface area contributed by atoms with Crippen molar-refractivity contribution in [3.05, 3.63) is 106 Å². The maximum Gasteiger partial charge on any atom is 0.278 e. The lowest BCUT2D eigenvalue weighted by molar-refractivity contribution is -0.136. The van der Waals surface area contributed by atoms with Crippen LogP contribution in [0.4, 0.5) is 5.69 Å². The third-order valence-corrected chi connectivity index (χ3v) is 5.61. The number of nitrogens with zero attached hydrogens (tertiary/aromatic N) is 1. The molecule has 1 heterocycles. The first-order valence-corrected chi connectivity index (χ1v) is 10.5. The maximum absolute atomic E-state index is 13.4. The van der Waals surface area contributed by atoms with Crippen LogP contribution < -0.4 is 5.32 Å². The second-order valence-corrected chi connectivity index (χ2v) is 8.06. The van der Waals surface area contributed by atoms with Gasteiger partial charge in [0.15, 0.2) is 0 Å². The number of aryl methyl sites for hydroxylation is 3. The van der Waals surface area contributed by atoms with Gasteiger partial charge in [-0.25, -0.2) is 0 Å². The van der Waals surface area contributed by atoms with Gasteiger partial charge >= 0.3 is 0 Å². The van der Waals surface area contributed by atoms with Crippen LogP contribution >= 0.6 is 0 Å². The molecular weight excluding hydrogens is 384 g/mol. The molecular formula is C27H26N2O2. The van der Waals surface area contributed by atoms with Crippen LogP contribution in [0, 0.1) is 20.8 Å². The maximum atomic E-state index is 13.4. The van der Waals surface area contributed by atoms with E-state index in [2.05, 4.69) is 5.32 Å². The summed E-state index contributed by atoms with van der Waals surface area (Å²) in [5, 5.41) is 3.23. The summed E-state index contributed by atoms with van der Waals surface area (Å²) in [6.45, 7) is 6.35. The number of rotatable bonds is 6. The second-order valence-electron chi connectivity index (χ2n) is 8.06. The largest absolute Gasteiger partial charge is 0.350 e. The van der Waals surface area contributed by atoms with Gasteiger partial charge in [-0.3, -0.25) is 14.5 Å². The normalized spacial score (nSPS) is 13.8. The van der Waals surface area contributed by atoms with Crippen LogP contribution in [-0.4, -0.2) is 23.3 Å². The lowest BCUT2D eigenvalue weighted by Crippen LogP contribution is -2.34. The van der Waals surface area contributed by atoms with Crippen molar-refractivity contribution in [3.8, 4) is 0 Å². The molecule has 0 atom stereocenters. The van der Waals surface area contributed by atoms with E-state index in [0.29, 0.717) is 24.2 Å². The van der Waals surface area contributed by atoms with Crippen LogP contribution in [0.2, 0.25) is 0 Å². The lowest BCUT2D eigenvalue weighted by atomic mass is 9.97. The Balaban J connectivity index is 1.70. The van der Waals surface area contributed by atoms with E-state index in [-0.39, 0.29) is 11.8 Å². The Morgan fingerprint density at radius 1 is 0.774 bits per heavy atom. The molecule has 3 aromatic rings. The standard InChI is InChI=1S/C27H26N2O2/c1-18-9-12-22(13-10-18)28-25-24(23-14-11-19(2)17-20(23)3)26(30)29(27(25)31)16-15-21-7-5-4-6-8-21/h4-14,17,28H,15-16H2,1-3H3. The molecule has 0 spiro atoms. The highest BCUT2D eigenvalue weighted by molar-refractivity contribution is 6.36. The fourth-order valence-electron chi connectivity index (χ4n) is 3.91. The molecule has 4 heteroatoms. The number of nitrogens with one attached hydrogen (secondary N) is 1. The van der Waals surface area contributed by atoms with Gasteiger partial charge < -0.3 is 5.32 Å². The topological polar surface area (TPSA) is 49.4 Å². The third kappa shape index (κ3) is 4.29. The Bertz CT molecular complexity index is 1160. The third-order valence-electron chi connectivity index (χ3n) is 5.61. The van der Waals surface area contributed by atoms with Crippen molar-refractivity contribution in [2.24, 2.45) is 0 Å². The van der Waals surface area contributed by atoms with E-state index in [0.717, 1.165) is 33.5 Å². The monoisotopic (exact) mass is 410 g/mol. The average Bonchev–Trinajstić information content (AvgIpc) is 2.98. The summed E-state index contributed by atoms with van der Waals surface area (Å²) in [5.41, 5.74) is 6.68. The molecule has 0 aliphatic carbocycles. The van der Waals surface area contributed by atoms with Crippen molar-refractivity contribution in [3.63, 3.8) is 0 Å². The highest BCUT2D eigenvalue weighted by Gasteiger charge is 2.39. The molecule has 0 radical (unpaired) electrons. The fourth-order valence-corrected chi connectivity index (χ4v) is 3.91. The van der Waals surface area contributed by atoms with Crippen molar-refractivity contribution in [1.82, 2.24) is 4.90 Å². The molecule has 0 unspecified atom stereocenters. The predicted octanol–water partition coefficient (Wildman–Crippen LogP) is 5.05. The minimum absolute atomic E-state index is 0.248. The van der Waals surface area contributed by atoms with Gasteiger partial charge in [0.2, 0.25) is 0 Å². The Labute approximate surface area is 183 Å². The van der Waals surface area contributed by atoms with Crippen LogP contribution in [0.25, 0.3) is 5.57 Å². The lowest BCUT2D eigenvalue weighted by Gasteiger charge is -2.15. The van der Waals surface area contributed by atoms with E-state index >= 15 is 0 Å². The van der Waals surface area contributed by atoms with Gasteiger partial charge in [0.25, 0.3) is 11.8 Å². The Morgan fingerprint density at radius 3 is 2.13 bits per heavy atom. The number of benzene rings is 3. The Hall–Kier alpha value is -3.66. The first kappa shape index (κ1) is 20.6.